The van der Waals surface area contributed by atoms with Crippen LogP contribution in [0.2, 0.25) is 0 Å². The Morgan fingerprint density at radius 2 is 1.71 bits per heavy atom. The molecule has 4 aliphatic carbocycles. The lowest BCUT2D eigenvalue weighted by atomic mass is 9.49. The molecule has 0 aromatic rings. The Bertz CT molecular complexity index is 425. The van der Waals surface area contributed by atoms with Gasteiger partial charge in [0, 0.05) is 19.6 Å². The summed E-state index contributed by atoms with van der Waals surface area (Å²) in [5.74, 6) is 2.47. The summed E-state index contributed by atoms with van der Waals surface area (Å²) in [5, 5.41) is 10.1. The molecule has 5 nitrogen and oxygen atoms in total. The molecule has 4 saturated carbocycles. The molecule has 0 radical (unpaired) electrons. The van der Waals surface area contributed by atoms with Gasteiger partial charge in [-0.3, -0.25) is 9.69 Å². The van der Waals surface area contributed by atoms with Gasteiger partial charge in [-0.05, 0) is 61.7 Å². The van der Waals surface area contributed by atoms with Crippen LogP contribution >= 0.6 is 0 Å². The molecule has 5 heteroatoms. The van der Waals surface area contributed by atoms with E-state index in [4.69, 9.17) is 9.47 Å². The van der Waals surface area contributed by atoms with Crippen molar-refractivity contribution in [2.75, 3.05) is 39.5 Å². The van der Waals surface area contributed by atoms with Crippen molar-refractivity contribution in [2.45, 2.75) is 51.0 Å². The van der Waals surface area contributed by atoms with E-state index in [-0.39, 0.29) is 18.0 Å². The Hall–Kier alpha value is -0.650. The van der Waals surface area contributed by atoms with Gasteiger partial charge < -0.3 is 14.6 Å². The molecule has 136 valence electrons. The summed E-state index contributed by atoms with van der Waals surface area (Å²) in [6.45, 7) is 3.82. The number of aliphatic hydroxyl groups is 1. The van der Waals surface area contributed by atoms with Crippen molar-refractivity contribution in [3.63, 3.8) is 0 Å². The Morgan fingerprint density at radius 3 is 2.29 bits per heavy atom. The summed E-state index contributed by atoms with van der Waals surface area (Å²) in [5.41, 5.74) is 0.223. The molecule has 1 N–H and O–H groups in total. The van der Waals surface area contributed by atoms with E-state index < -0.39 is 6.10 Å². The largest absolute Gasteiger partial charge is 0.463 e. The van der Waals surface area contributed by atoms with E-state index in [1.165, 1.54) is 38.5 Å². The van der Waals surface area contributed by atoms with Crippen molar-refractivity contribution >= 4 is 5.97 Å². The van der Waals surface area contributed by atoms with E-state index in [2.05, 4.69) is 4.90 Å². The first-order chi connectivity index (χ1) is 11.6. The molecule has 24 heavy (non-hydrogen) atoms. The molecule has 1 saturated heterocycles. The van der Waals surface area contributed by atoms with Gasteiger partial charge in [0.2, 0.25) is 0 Å². The zero-order chi connectivity index (χ0) is 16.6. The highest BCUT2D eigenvalue weighted by Gasteiger charge is 2.51. The molecule has 4 bridgehead atoms. The molecule has 0 unspecified atom stereocenters. The minimum atomic E-state index is -0.594. The SMILES string of the molecule is O=C(CC12CC3CC(CC(C3)C1)C2)OC[C@H](O)CN1CCOCC1. The lowest BCUT2D eigenvalue weighted by Gasteiger charge is -2.56. The van der Waals surface area contributed by atoms with E-state index in [0.717, 1.165) is 44.1 Å². The van der Waals surface area contributed by atoms with Crippen molar-refractivity contribution in [2.24, 2.45) is 23.2 Å². The van der Waals surface area contributed by atoms with Crippen LogP contribution < -0.4 is 0 Å². The third kappa shape index (κ3) is 3.78. The highest BCUT2D eigenvalue weighted by atomic mass is 16.5. The van der Waals surface area contributed by atoms with E-state index in [0.29, 0.717) is 13.0 Å². The van der Waals surface area contributed by atoms with Crippen LogP contribution in [0.4, 0.5) is 0 Å². The maximum atomic E-state index is 12.4. The number of esters is 1. The summed E-state index contributed by atoms with van der Waals surface area (Å²) >= 11 is 0. The number of aliphatic hydroxyl groups excluding tert-OH is 1. The topological polar surface area (TPSA) is 59.0 Å². The zero-order valence-corrected chi connectivity index (χ0v) is 14.6. The van der Waals surface area contributed by atoms with Gasteiger partial charge in [0.25, 0.3) is 0 Å². The molecule has 5 rings (SSSR count). The third-order valence-electron chi connectivity index (χ3n) is 6.69. The summed E-state index contributed by atoms with van der Waals surface area (Å²) in [6, 6.07) is 0. The van der Waals surface area contributed by atoms with E-state index in [1.54, 1.807) is 0 Å². The quantitative estimate of drug-likeness (QED) is 0.750. The first kappa shape index (κ1) is 16.8. The Kier molecular flexibility index (Phi) is 4.85. The van der Waals surface area contributed by atoms with Gasteiger partial charge in [-0.15, -0.1) is 0 Å². The Labute approximate surface area is 144 Å². The number of carbonyl (C=O) groups is 1. The van der Waals surface area contributed by atoms with Crippen LogP contribution in [-0.4, -0.2) is 61.5 Å². The summed E-state index contributed by atoms with van der Waals surface area (Å²) < 4.78 is 10.7. The van der Waals surface area contributed by atoms with Gasteiger partial charge in [0.1, 0.15) is 12.7 Å². The number of nitrogens with zero attached hydrogens (tertiary/aromatic N) is 1. The van der Waals surface area contributed by atoms with Crippen LogP contribution in [0.1, 0.15) is 44.9 Å². The Balaban J connectivity index is 1.22. The number of carbonyl (C=O) groups excluding carboxylic acids is 1. The number of hydrogen-bond acceptors (Lipinski definition) is 5. The molecular formula is C19H31NO4. The van der Waals surface area contributed by atoms with Crippen LogP contribution in [-0.2, 0) is 14.3 Å². The average molecular weight is 337 g/mol. The fraction of sp³-hybridized carbons (Fsp3) is 0.947. The minimum absolute atomic E-state index is 0.0991. The van der Waals surface area contributed by atoms with E-state index in [9.17, 15) is 9.90 Å². The van der Waals surface area contributed by atoms with Crippen LogP contribution in [0.15, 0.2) is 0 Å². The maximum absolute atomic E-state index is 12.4. The first-order valence-corrected chi connectivity index (χ1v) is 9.74. The van der Waals surface area contributed by atoms with Crippen molar-refractivity contribution in [3.05, 3.63) is 0 Å². The molecule has 1 heterocycles. The summed E-state index contributed by atoms with van der Waals surface area (Å²) in [4.78, 5) is 14.5. The van der Waals surface area contributed by atoms with Crippen molar-refractivity contribution in [3.8, 4) is 0 Å². The molecule has 0 aromatic heterocycles. The predicted octanol–water partition coefficient (Wildman–Crippen LogP) is 1.83. The van der Waals surface area contributed by atoms with Gasteiger partial charge in [0.15, 0.2) is 0 Å². The standard InChI is InChI=1S/C19H31NO4/c21-17(12-20-1-3-23-4-2-20)13-24-18(22)11-19-8-14-5-15(9-19)7-16(6-14)10-19/h14-17,21H,1-13H2/t14?,15?,16?,17-,19?/m1/s1. The molecule has 0 aromatic carbocycles. The van der Waals surface area contributed by atoms with Crippen LogP contribution in [0.3, 0.4) is 0 Å². The van der Waals surface area contributed by atoms with Gasteiger partial charge in [-0.2, -0.15) is 0 Å². The fourth-order valence-corrected chi connectivity index (χ4v) is 6.19. The van der Waals surface area contributed by atoms with Crippen LogP contribution in [0.25, 0.3) is 0 Å². The van der Waals surface area contributed by atoms with Crippen molar-refractivity contribution in [1.82, 2.24) is 4.90 Å². The lowest BCUT2D eigenvalue weighted by Crippen LogP contribution is -2.47. The van der Waals surface area contributed by atoms with Gasteiger partial charge in [0.05, 0.1) is 19.6 Å². The van der Waals surface area contributed by atoms with Gasteiger partial charge in [-0.1, -0.05) is 0 Å². The lowest BCUT2D eigenvalue weighted by molar-refractivity contribution is -0.155. The van der Waals surface area contributed by atoms with Crippen LogP contribution in [0, 0.1) is 23.2 Å². The Morgan fingerprint density at radius 1 is 1.12 bits per heavy atom. The third-order valence-corrected chi connectivity index (χ3v) is 6.69. The van der Waals surface area contributed by atoms with E-state index >= 15 is 0 Å². The first-order valence-electron chi connectivity index (χ1n) is 9.74. The van der Waals surface area contributed by atoms with Crippen molar-refractivity contribution in [1.29, 1.82) is 0 Å². The van der Waals surface area contributed by atoms with Gasteiger partial charge in [-0.25, -0.2) is 0 Å². The second-order valence-corrected chi connectivity index (χ2v) is 8.84. The second-order valence-electron chi connectivity index (χ2n) is 8.84. The highest BCUT2D eigenvalue weighted by molar-refractivity contribution is 5.70. The molecule has 1 atom stereocenters. The highest BCUT2D eigenvalue weighted by Crippen LogP contribution is 2.61. The zero-order valence-electron chi connectivity index (χ0n) is 14.6. The smallest absolute Gasteiger partial charge is 0.306 e. The van der Waals surface area contributed by atoms with E-state index in [1.807, 2.05) is 0 Å². The predicted molar refractivity (Wildman–Crippen MR) is 89.4 cm³/mol. The number of morpholine rings is 1. The summed E-state index contributed by atoms with van der Waals surface area (Å²) in [7, 11) is 0. The summed E-state index contributed by atoms with van der Waals surface area (Å²) in [6.07, 6.45) is 7.84. The monoisotopic (exact) mass is 337 g/mol. The molecule has 0 amide bonds. The number of hydrogen-bond donors (Lipinski definition) is 1. The molecule has 5 fully saturated rings. The molecule has 0 spiro atoms. The number of ether oxygens (including phenoxy) is 2. The average Bonchev–Trinajstić information content (AvgIpc) is 2.52. The van der Waals surface area contributed by atoms with Crippen molar-refractivity contribution < 1.29 is 19.4 Å². The van der Waals surface area contributed by atoms with Crippen LogP contribution in [0.5, 0.6) is 0 Å². The molecular weight excluding hydrogens is 306 g/mol. The number of rotatable bonds is 6. The number of β-amino-alcohol motifs (C(OH)–C–C–N with tert-alkyl or cyclic N) is 1. The molecule has 5 aliphatic rings. The minimum Gasteiger partial charge on any atom is -0.463 e. The van der Waals surface area contributed by atoms with Gasteiger partial charge >= 0.3 is 5.97 Å². The second kappa shape index (κ2) is 6.93. The fourth-order valence-electron chi connectivity index (χ4n) is 6.19. The molecule has 1 aliphatic heterocycles. The maximum Gasteiger partial charge on any atom is 0.306 e. The normalized spacial score (nSPS) is 39.8.